The standard InChI is InChI=1S/C14H14O4/c1-9-3-4-12(5-10(9)2)18-8-13-6-11(7-17-13)14(15)16/h3-7H,8H2,1-2H3,(H,15,16). The maximum Gasteiger partial charge on any atom is 0.338 e. The Morgan fingerprint density at radius 2 is 2.06 bits per heavy atom. The largest absolute Gasteiger partial charge is 0.486 e. The Labute approximate surface area is 105 Å². The van der Waals surface area contributed by atoms with Crippen molar-refractivity contribution in [3.05, 3.63) is 53.0 Å². The summed E-state index contributed by atoms with van der Waals surface area (Å²) in [7, 11) is 0. The molecule has 0 aliphatic heterocycles. The Balaban J connectivity index is 2.02. The topological polar surface area (TPSA) is 59.7 Å². The van der Waals surface area contributed by atoms with Gasteiger partial charge in [0.15, 0.2) is 0 Å². The highest BCUT2D eigenvalue weighted by atomic mass is 16.5. The highest BCUT2D eigenvalue weighted by molar-refractivity contribution is 5.87. The number of hydrogen-bond donors (Lipinski definition) is 1. The first-order valence-electron chi connectivity index (χ1n) is 5.57. The Kier molecular flexibility index (Phi) is 3.37. The summed E-state index contributed by atoms with van der Waals surface area (Å²) in [5.74, 6) is 0.230. The van der Waals surface area contributed by atoms with E-state index < -0.39 is 5.97 Å². The predicted octanol–water partition coefficient (Wildman–Crippen LogP) is 3.17. The summed E-state index contributed by atoms with van der Waals surface area (Å²) in [5, 5.41) is 8.75. The minimum atomic E-state index is -1.00. The van der Waals surface area contributed by atoms with Gasteiger partial charge in [0, 0.05) is 0 Å². The molecule has 0 bridgehead atoms. The summed E-state index contributed by atoms with van der Waals surface area (Å²) in [6.07, 6.45) is 1.21. The number of aryl methyl sites for hydroxylation is 2. The molecule has 0 spiro atoms. The number of benzene rings is 1. The van der Waals surface area contributed by atoms with Crippen molar-refractivity contribution < 1.29 is 19.1 Å². The molecule has 0 fully saturated rings. The van der Waals surface area contributed by atoms with Crippen LogP contribution in [0.2, 0.25) is 0 Å². The minimum Gasteiger partial charge on any atom is -0.486 e. The summed E-state index contributed by atoms with van der Waals surface area (Å²) < 4.78 is 10.6. The first-order chi connectivity index (χ1) is 8.56. The van der Waals surface area contributed by atoms with E-state index >= 15 is 0 Å². The van der Waals surface area contributed by atoms with Gasteiger partial charge in [-0.3, -0.25) is 0 Å². The van der Waals surface area contributed by atoms with Crippen molar-refractivity contribution in [2.75, 3.05) is 0 Å². The lowest BCUT2D eigenvalue weighted by Crippen LogP contribution is -1.95. The van der Waals surface area contributed by atoms with Crippen molar-refractivity contribution in [1.82, 2.24) is 0 Å². The first kappa shape index (κ1) is 12.2. The number of carboxylic acids is 1. The van der Waals surface area contributed by atoms with Crippen molar-refractivity contribution in [2.45, 2.75) is 20.5 Å². The van der Waals surface area contributed by atoms with Gasteiger partial charge >= 0.3 is 5.97 Å². The molecule has 94 valence electrons. The Morgan fingerprint density at radius 1 is 1.28 bits per heavy atom. The second-order valence-corrected chi connectivity index (χ2v) is 4.14. The molecule has 0 saturated carbocycles. The molecule has 1 N–H and O–H groups in total. The Bertz CT molecular complexity index is 569. The lowest BCUT2D eigenvalue weighted by atomic mass is 10.1. The van der Waals surface area contributed by atoms with Crippen LogP contribution in [0, 0.1) is 13.8 Å². The first-order valence-corrected chi connectivity index (χ1v) is 5.57. The number of aromatic carboxylic acids is 1. The summed E-state index contributed by atoms with van der Waals surface area (Å²) in [4.78, 5) is 10.7. The zero-order valence-electron chi connectivity index (χ0n) is 10.3. The number of ether oxygens (including phenoxy) is 1. The van der Waals surface area contributed by atoms with E-state index in [-0.39, 0.29) is 12.2 Å². The van der Waals surface area contributed by atoms with E-state index in [4.69, 9.17) is 14.3 Å². The van der Waals surface area contributed by atoms with Crippen LogP contribution in [-0.4, -0.2) is 11.1 Å². The number of furan rings is 1. The summed E-state index contributed by atoms with van der Waals surface area (Å²) in [6.45, 7) is 4.26. The molecule has 1 aromatic heterocycles. The maximum atomic E-state index is 10.7. The van der Waals surface area contributed by atoms with Gasteiger partial charge in [-0.1, -0.05) is 6.07 Å². The van der Waals surface area contributed by atoms with Gasteiger partial charge in [-0.25, -0.2) is 4.79 Å². The number of carboxylic acid groups (broad SMARTS) is 1. The quantitative estimate of drug-likeness (QED) is 0.900. The lowest BCUT2D eigenvalue weighted by molar-refractivity contribution is 0.0696. The van der Waals surface area contributed by atoms with Crippen LogP contribution >= 0.6 is 0 Å². The van der Waals surface area contributed by atoms with Crippen molar-refractivity contribution >= 4 is 5.97 Å². The minimum absolute atomic E-state index is 0.133. The Hall–Kier alpha value is -2.23. The second-order valence-electron chi connectivity index (χ2n) is 4.14. The molecule has 0 atom stereocenters. The molecule has 0 saturated heterocycles. The van der Waals surface area contributed by atoms with Gasteiger partial charge in [-0.2, -0.15) is 0 Å². The fourth-order valence-electron chi connectivity index (χ4n) is 1.53. The fourth-order valence-corrected chi connectivity index (χ4v) is 1.53. The van der Waals surface area contributed by atoms with E-state index in [1.807, 2.05) is 32.0 Å². The van der Waals surface area contributed by atoms with E-state index in [9.17, 15) is 4.79 Å². The number of carbonyl (C=O) groups is 1. The molecule has 1 heterocycles. The summed E-state index contributed by atoms with van der Waals surface area (Å²) in [6, 6.07) is 7.26. The highest BCUT2D eigenvalue weighted by Crippen LogP contribution is 2.18. The average molecular weight is 246 g/mol. The van der Waals surface area contributed by atoms with Crippen LogP contribution in [-0.2, 0) is 6.61 Å². The third-order valence-corrected chi connectivity index (χ3v) is 2.76. The van der Waals surface area contributed by atoms with E-state index in [0.717, 1.165) is 11.3 Å². The van der Waals surface area contributed by atoms with Crippen molar-refractivity contribution in [3.63, 3.8) is 0 Å². The molecule has 4 nitrogen and oxygen atoms in total. The molecule has 0 radical (unpaired) electrons. The smallest absolute Gasteiger partial charge is 0.338 e. The average Bonchev–Trinajstić information content (AvgIpc) is 2.79. The fraction of sp³-hybridized carbons (Fsp3) is 0.214. The third kappa shape index (κ3) is 2.71. The molecular formula is C14H14O4. The molecule has 0 aliphatic carbocycles. The molecule has 1 aromatic carbocycles. The third-order valence-electron chi connectivity index (χ3n) is 2.76. The zero-order valence-corrected chi connectivity index (χ0v) is 10.3. The normalized spacial score (nSPS) is 10.3. The van der Waals surface area contributed by atoms with Crippen molar-refractivity contribution in [3.8, 4) is 5.75 Å². The second kappa shape index (κ2) is 4.96. The van der Waals surface area contributed by atoms with Crippen LogP contribution in [0.15, 0.2) is 34.9 Å². The van der Waals surface area contributed by atoms with Crippen LogP contribution in [0.3, 0.4) is 0 Å². The van der Waals surface area contributed by atoms with Crippen molar-refractivity contribution in [1.29, 1.82) is 0 Å². The van der Waals surface area contributed by atoms with Gasteiger partial charge in [0.05, 0.1) is 5.56 Å². The zero-order chi connectivity index (χ0) is 13.1. The highest BCUT2D eigenvalue weighted by Gasteiger charge is 2.08. The van der Waals surface area contributed by atoms with Gasteiger partial charge in [-0.15, -0.1) is 0 Å². The molecule has 4 heteroatoms. The molecule has 2 rings (SSSR count). The van der Waals surface area contributed by atoms with E-state index in [1.54, 1.807) is 0 Å². The van der Waals surface area contributed by atoms with Crippen LogP contribution in [0.1, 0.15) is 27.2 Å². The molecular weight excluding hydrogens is 232 g/mol. The van der Waals surface area contributed by atoms with Gasteiger partial charge in [0.2, 0.25) is 0 Å². The van der Waals surface area contributed by atoms with Crippen LogP contribution < -0.4 is 4.74 Å². The molecule has 2 aromatic rings. The van der Waals surface area contributed by atoms with Gasteiger partial charge < -0.3 is 14.3 Å². The Morgan fingerprint density at radius 3 is 2.67 bits per heavy atom. The number of hydrogen-bond acceptors (Lipinski definition) is 3. The molecule has 0 aliphatic rings. The molecule has 0 unspecified atom stereocenters. The van der Waals surface area contributed by atoms with E-state index in [2.05, 4.69) is 0 Å². The van der Waals surface area contributed by atoms with Crippen molar-refractivity contribution in [2.24, 2.45) is 0 Å². The monoisotopic (exact) mass is 246 g/mol. The molecule has 0 amide bonds. The predicted molar refractivity (Wildman–Crippen MR) is 65.9 cm³/mol. The number of rotatable bonds is 4. The SMILES string of the molecule is Cc1ccc(OCc2cc(C(=O)O)co2)cc1C. The van der Waals surface area contributed by atoms with Crippen LogP contribution in [0.4, 0.5) is 0 Å². The van der Waals surface area contributed by atoms with E-state index in [0.29, 0.717) is 5.76 Å². The molecule has 18 heavy (non-hydrogen) atoms. The summed E-state index contributed by atoms with van der Waals surface area (Å²) >= 11 is 0. The maximum absolute atomic E-state index is 10.7. The summed E-state index contributed by atoms with van der Waals surface area (Å²) in [5.41, 5.74) is 2.49. The van der Waals surface area contributed by atoms with Crippen LogP contribution in [0.25, 0.3) is 0 Å². The van der Waals surface area contributed by atoms with Gasteiger partial charge in [0.25, 0.3) is 0 Å². The van der Waals surface area contributed by atoms with E-state index in [1.165, 1.54) is 17.9 Å². The van der Waals surface area contributed by atoms with Gasteiger partial charge in [-0.05, 0) is 43.2 Å². The van der Waals surface area contributed by atoms with Gasteiger partial charge in [0.1, 0.15) is 24.4 Å². The van der Waals surface area contributed by atoms with Crippen LogP contribution in [0.5, 0.6) is 5.75 Å². The lowest BCUT2D eigenvalue weighted by Gasteiger charge is -2.06.